The quantitative estimate of drug-likeness (QED) is 0.602. The lowest BCUT2D eigenvalue weighted by atomic mass is 9.91. The number of nitrogens with one attached hydrogen (secondary N) is 3. The molecule has 2 atom stereocenters. The van der Waals surface area contributed by atoms with Crippen LogP contribution in [-0.4, -0.2) is 29.1 Å². The van der Waals surface area contributed by atoms with Gasteiger partial charge in [-0.25, -0.2) is 13.8 Å². The number of H-pyrrole nitrogens is 1. The first kappa shape index (κ1) is 19.3. The van der Waals surface area contributed by atoms with E-state index in [1.165, 1.54) is 12.1 Å². The Morgan fingerprint density at radius 1 is 1.17 bits per heavy atom. The fourth-order valence-corrected chi connectivity index (χ4v) is 4.18. The minimum absolute atomic E-state index is 0.103. The third-order valence-electron chi connectivity index (χ3n) is 5.66. The van der Waals surface area contributed by atoms with Gasteiger partial charge in [-0.05, 0) is 63.4 Å². The fraction of sp³-hybridized carbons (Fsp3) is 0.364. The normalized spacial score (nSPS) is 19.3. The molecule has 0 spiro atoms. The van der Waals surface area contributed by atoms with Crippen LogP contribution in [-0.2, 0) is 0 Å². The van der Waals surface area contributed by atoms with E-state index >= 15 is 0 Å². The van der Waals surface area contributed by atoms with Crippen LogP contribution < -0.4 is 10.6 Å². The van der Waals surface area contributed by atoms with Crippen LogP contribution in [0.5, 0.6) is 0 Å². The van der Waals surface area contributed by atoms with Crippen LogP contribution in [0.25, 0.3) is 22.2 Å². The zero-order valence-corrected chi connectivity index (χ0v) is 16.4. The van der Waals surface area contributed by atoms with Gasteiger partial charge in [-0.1, -0.05) is 0 Å². The van der Waals surface area contributed by atoms with Gasteiger partial charge in [0, 0.05) is 29.2 Å². The number of anilines is 1. The molecule has 4 rings (SSSR count). The molecule has 1 aromatic carbocycles. The standard InChI is InChI=1S/C22H23F2N5/c1-12-6-16-17(11-27-21(16)18(23)7-12)20-13(10-25)8-19(24)22(29-20)28-15-5-3-4-14(9-15)26-2/h6-8,11,14-15,26-27H,3-5,9H2,1-2H3,(H,28,29)/t14-,15?/m1/s1. The summed E-state index contributed by atoms with van der Waals surface area (Å²) < 4.78 is 29.0. The summed E-state index contributed by atoms with van der Waals surface area (Å²) in [5.74, 6) is -0.798. The van der Waals surface area contributed by atoms with Crippen molar-refractivity contribution in [1.29, 1.82) is 5.26 Å². The van der Waals surface area contributed by atoms with E-state index in [4.69, 9.17) is 0 Å². The number of fused-ring (bicyclic) bond motifs is 1. The molecule has 3 N–H and O–H groups in total. The summed E-state index contributed by atoms with van der Waals surface area (Å²) >= 11 is 0. The number of aromatic amines is 1. The van der Waals surface area contributed by atoms with Crippen molar-refractivity contribution in [2.24, 2.45) is 0 Å². The first-order chi connectivity index (χ1) is 14.0. The van der Waals surface area contributed by atoms with Crippen LogP contribution in [0, 0.1) is 29.9 Å². The molecule has 29 heavy (non-hydrogen) atoms. The maximum atomic E-state index is 14.7. The molecule has 0 bridgehead atoms. The van der Waals surface area contributed by atoms with Gasteiger partial charge in [-0.15, -0.1) is 0 Å². The highest BCUT2D eigenvalue weighted by molar-refractivity contribution is 5.96. The van der Waals surface area contributed by atoms with Crippen molar-refractivity contribution in [3.8, 4) is 17.3 Å². The Labute approximate surface area is 168 Å². The van der Waals surface area contributed by atoms with Crippen molar-refractivity contribution in [2.45, 2.75) is 44.7 Å². The Bertz CT molecular complexity index is 1100. The maximum absolute atomic E-state index is 14.7. The fourth-order valence-electron chi connectivity index (χ4n) is 4.18. The van der Waals surface area contributed by atoms with Crippen molar-refractivity contribution in [1.82, 2.24) is 15.3 Å². The Morgan fingerprint density at radius 2 is 1.97 bits per heavy atom. The summed E-state index contributed by atoms with van der Waals surface area (Å²) in [6, 6.07) is 6.99. The molecule has 0 amide bonds. The molecule has 3 aromatic rings. The zero-order chi connectivity index (χ0) is 20.5. The topological polar surface area (TPSA) is 76.5 Å². The van der Waals surface area contributed by atoms with Crippen LogP contribution in [0.3, 0.4) is 0 Å². The average molecular weight is 395 g/mol. The van der Waals surface area contributed by atoms with Gasteiger partial charge in [0.25, 0.3) is 0 Å². The van der Waals surface area contributed by atoms with Gasteiger partial charge in [0.2, 0.25) is 0 Å². The second-order valence-electron chi connectivity index (χ2n) is 7.69. The second kappa shape index (κ2) is 7.80. The smallest absolute Gasteiger partial charge is 0.166 e. The molecule has 2 aromatic heterocycles. The third-order valence-corrected chi connectivity index (χ3v) is 5.66. The number of rotatable bonds is 4. The first-order valence-corrected chi connectivity index (χ1v) is 9.82. The predicted molar refractivity (Wildman–Crippen MR) is 110 cm³/mol. The first-order valence-electron chi connectivity index (χ1n) is 9.82. The summed E-state index contributed by atoms with van der Waals surface area (Å²) in [5.41, 5.74) is 2.15. The molecule has 0 saturated heterocycles. The number of pyridine rings is 1. The monoisotopic (exact) mass is 395 g/mol. The van der Waals surface area contributed by atoms with E-state index in [0.717, 1.165) is 31.2 Å². The van der Waals surface area contributed by atoms with Crippen molar-refractivity contribution in [2.75, 3.05) is 12.4 Å². The van der Waals surface area contributed by atoms with Crippen LogP contribution in [0.2, 0.25) is 0 Å². The minimum atomic E-state index is -0.556. The summed E-state index contributed by atoms with van der Waals surface area (Å²) in [6.45, 7) is 1.80. The second-order valence-corrected chi connectivity index (χ2v) is 7.69. The van der Waals surface area contributed by atoms with Crippen molar-refractivity contribution in [3.05, 3.63) is 47.2 Å². The SMILES string of the molecule is CN[C@@H]1CCCC(Nc2nc(-c3c[nH]c4c(F)cc(C)cc34)c(C#N)cc2F)C1. The molecular weight excluding hydrogens is 372 g/mol. The summed E-state index contributed by atoms with van der Waals surface area (Å²) in [5, 5.41) is 16.7. The number of hydrogen-bond acceptors (Lipinski definition) is 4. The van der Waals surface area contributed by atoms with E-state index in [9.17, 15) is 14.0 Å². The van der Waals surface area contributed by atoms with Crippen LogP contribution in [0.1, 0.15) is 36.8 Å². The van der Waals surface area contributed by atoms with E-state index < -0.39 is 5.82 Å². The molecule has 5 nitrogen and oxygen atoms in total. The Kier molecular flexibility index (Phi) is 5.20. The van der Waals surface area contributed by atoms with Crippen LogP contribution in [0.4, 0.5) is 14.6 Å². The van der Waals surface area contributed by atoms with Crippen LogP contribution >= 0.6 is 0 Å². The van der Waals surface area contributed by atoms with E-state index in [1.807, 2.05) is 19.2 Å². The summed E-state index contributed by atoms with van der Waals surface area (Å²) in [4.78, 5) is 7.38. The molecule has 7 heteroatoms. The zero-order valence-electron chi connectivity index (χ0n) is 16.4. The molecule has 0 radical (unpaired) electrons. The molecule has 2 heterocycles. The molecule has 1 unspecified atom stereocenters. The number of aromatic nitrogens is 2. The van der Waals surface area contributed by atoms with Gasteiger partial charge < -0.3 is 15.6 Å². The van der Waals surface area contributed by atoms with Crippen molar-refractivity contribution >= 4 is 16.7 Å². The van der Waals surface area contributed by atoms with Gasteiger partial charge in [0.15, 0.2) is 11.6 Å². The Morgan fingerprint density at radius 3 is 2.72 bits per heavy atom. The number of nitrogens with zero attached hydrogens (tertiary/aromatic N) is 2. The third kappa shape index (κ3) is 3.68. The average Bonchev–Trinajstić information content (AvgIpc) is 3.13. The van der Waals surface area contributed by atoms with Crippen molar-refractivity contribution < 1.29 is 8.78 Å². The number of halogens is 2. The largest absolute Gasteiger partial charge is 0.365 e. The lowest BCUT2D eigenvalue weighted by Crippen LogP contribution is -2.37. The lowest BCUT2D eigenvalue weighted by molar-refractivity contribution is 0.368. The number of benzene rings is 1. The van der Waals surface area contributed by atoms with Gasteiger partial charge in [0.1, 0.15) is 11.9 Å². The lowest BCUT2D eigenvalue weighted by Gasteiger charge is -2.30. The van der Waals surface area contributed by atoms with Crippen molar-refractivity contribution in [3.63, 3.8) is 0 Å². The molecule has 0 aliphatic heterocycles. The maximum Gasteiger partial charge on any atom is 0.166 e. The number of nitriles is 1. The predicted octanol–water partition coefficient (Wildman–Crippen LogP) is 4.63. The molecule has 1 aliphatic rings. The number of aryl methyl sites for hydroxylation is 1. The van der Waals surface area contributed by atoms with E-state index in [0.29, 0.717) is 28.2 Å². The van der Waals surface area contributed by atoms with Gasteiger partial charge in [-0.2, -0.15) is 5.26 Å². The van der Waals surface area contributed by atoms with E-state index in [-0.39, 0.29) is 23.2 Å². The minimum Gasteiger partial charge on any atom is -0.365 e. The van der Waals surface area contributed by atoms with Crippen LogP contribution in [0.15, 0.2) is 24.4 Å². The highest BCUT2D eigenvalue weighted by Crippen LogP contribution is 2.34. The Balaban J connectivity index is 1.76. The molecular formula is C22H23F2N5. The van der Waals surface area contributed by atoms with Gasteiger partial charge in [0.05, 0.1) is 16.8 Å². The summed E-state index contributed by atoms with van der Waals surface area (Å²) in [6.07, 6.45) is 5.59. The molecule has 1 fully saturated rings. The number of hydrogen-bond donors (Lipinski definition) is 3. The van der Waals surface area contributed by atoms with E-state index in [2.05, 4.69) is 20.6 Å². The highest BCUT2D eigenvalue weighted by atomic mass is 19.1. The summed E-state index contributed by atoms with van der Waals surface area (Å²) in [7, 11) is 1.93. The Hall–Kier alpha value is -2.98. The van der Waals surface area contributed by atoms with Gasteiger partial charge >= 0.3 is 0 Å². The highest BCUT2D eigenvalue weighted by Gasteiger charge is 2.23. The van der Waals surface area contributed by atoms with E-state index in [1.54, 1.807) is 13.1 Å². The molecule has 1 saturated carbocycles. The van der Waals surface area contributed by atoms with Gasteiger partial charge in [-0.3, -0.25) is 0 Å². The molecule has 1 aliphatic carbocycles. The molecule has 150 valence electrons.